The Balaban J connectivity index is 1.71. The van der Waals surface area contributed by atoms with Crippen LogP contribution in [0.15, 0.2) is 79.4 Å². The second-order valence-corrected chi connectivity index (χ2v) is 9.58. The third kappa shape index (κ3) is 4.88. The average Bonchev–Trinajstić information content (AvgIpc) is 3.32. The molecule has 0 amide bonds. The maximum atomic E-state index is 13.6. The summed E-state index contributed by atoms with van der Waals surface area (Å²) in [6.45, 7) is 1.38. The number of halogens is 2. The number of ether oxygens (including phenoxy) is 2. The van der Waals surface area contributed by atoms with Crippen molar-refractivity contribution in [2.75, 3.05) is 7.11 Å². The fourth-order valence-electron chi connectivity index (χ4n) is 3.82. The van der Waals surface area contributed by atoms with Crippen LogP contribution < -0.4 is 15.0 Å². The largest absolute Gasteiger partial charge is 0.493 e. The number of carboxylic acids is 1. The molecule has 192 valence electrons. The molecule has 9 nitrogen and oxygen atoms in total. The molecule has 0 saturated heterocycles. The molecule has 0 saturated carbocycles. The number of methoxy groups -OCH3 is 1. The number of benzene rings is 3. The van der Waals surface area contributed by atoms with Gasteiger partial charge >= 0.3 is 5.97 Å². The Bertz CT molecular complexity index is 1800. The molecule has 0 bridgehead atoms. The van der Waals surface area contributed by atoms with Gasteiger partial charge in [-0.3, -0.25) is 4.79 Å². The minimum absolute atomic E-state index is 0.104. The van der Waals surface area contributed by atoms with Gasteiger partial charge in [-0.15, -0.1) is 0 Å². The molecule has 0 unspecified atom stereocenters. The molecule has 1 atom stereocenters. The van der Waals surface area contributed by atoms with Gasteiger partial charge < -0.3 is 19.0 Å². The minimum Gasteiger partial charge on any atom is -0.493 e. The molecule has 0 radical (unpaired) electrons. The van der Waals surface area contributed by atoms with Crippen molar-refractivity contribution in [3.8, 4) is 23.1 Å². The van der Waals surface area contributed by atoms with Gasteiger partial charge in [0.1, 0.15) is 5.58 Å². The lowest BCUT2D eigenvalue weighted by Gasteiger charge is -2.16. The highest BCUT2D eigenvalue weighted by atomic mass is 79.9. The van der Waals surface area contributed by atoms with Gasteiger partial charge in [-0.25, -0.2) is 9.78 Å². The Labute approximate surface area is 229 Å². The number of carboxylic acid groups (broad SMARTS) is 1. The summed E-state index contributed by atoms with van der Waals surface area (Å²) < 4.78 is 19.0. The number of aliphatic carboxylic acids is 1. The van der Waals surface area contributed by atoms with E-state index >= 15 is 0 Å². The second-order valence-electron chi connectivity index (χ2n) is 8.23. The lowest BCUT2D eigenvalue weighted by molar-refractivity contribution is -0.144. The number of furan rings is 1. The molecule has 5 aromatic rings. The summed E-state index contributed by atoms with van der Waals surface area (Å²) in [5.41, 5.74) is 0.948. The van der Waals surface area contributed by atoms with E-state index < -0.39 is 17.6 Å². The minimum atomic E-state index is -1.19. The quantitative estimate of drug-likeness (QED) is 0.230. The molecule has 0 fully saturated rings. The van der Waals surface area contributed by atoms with Gasteiger partial charge in [0.05, 0.1) is 24.2 Å². The third-order valence-corrected chi connectivity index (χ3v) is 6.39. The summed E-state index contributed by atoms with van der Waals surface area (Å²) in [5, 5.41) is 15.2. The topological polar surface area (TPSA) is 116 Å². The third-order valence-electron chi connectivity index (χ3n) is 5.68. The van der Waals surface area contributed by atoms with E-state index in [0.717, 1.165) is 14.5 Å². The van der Waals surface area contributed by atoms with Crippen molar-refractivity contribution in [1.29, 1.82) is 0 Å². The van der Waals surface area contributed by atoms with Crippen LogP contribution in [-0.2, 0) is 4.79 Å². The number of hydrogen-bond donors (Lipinski definition) is 1. The van der Waals surface area contributed by atoms with Crippen molar-refractivity contribution in [3.63, 3.8) is 0 Å². The monoisotopic (exact) mass is 595 g/mol. The maximum absolute atomic E-state index is 13.6. The van der Waals surface area contributed by atoms with E-state index in [2.05, 4.69) is 26.0 Å². The van der Waals surface area contributed by atoms with Gasteiger partial charge in [0.15, 0.2) is 23.4 Å². The molecule has 0 aliphatic carbocycles. The van der Waals surface area contributed by atoms with E-state index in [-0.39, 0.29) is 17.3 Å². The lowest BCUT2D eigenvalue weighted by atomic mass is 10.2. The number of fused-ring (bicyclic) bond motifs is 2. The number of rotatable bonds is 7. The van der Waals surface area contributed by atoms with Crippen molar-refractivity contribution >= 4 is 61.6 Å². The Morgan fingerprint density at radius 2 is 2.00 bits per heavy atom. The maximum Gasteiger partial charge on any atom is 0.344 e. The second kappa shape index (κ2) is 10.3. The van der Waals surface area contributed by atoms with Gasteiger partial charge in [0.2, 0.25) is 5.82 Å². The summed E-state index contributed by atoms with van der Waals surface area (Å²) >= 11 is 9.71. The number of para-hydroxylation sites is 1. The number of hydrogen-bond acceptors (Lipinski definition) is 7. The Morgan fingerprint density at radius 3 is 2.76 bits per heavy atom. The van der Waals surface area contributed by atoms with Crippen molar-refractivity contribution in [2.45, 2.75) is 13.0 Å². The fraction of sp³-hybridized carbons (Fsp3) is 0.111. The standard InChI is InChI=1S/C27H19BrClN3O6/c1-14(27(34)35)37-24-16(10-18(29)12-22(24)36-2)13-30-32-25(31-20-6-4-3-5-19(20)26(32)33)23-11-15-9-17(28)7-8-21(15)38-23/h3-14H,1-2H3,(H,34,35)/t14-/m0/s1. The van der Waals surface area contributed by atoms with Gasteiger partial charge in [0, 0.05) is 26.5 Å². The number of nitrogens with zero attached hydrogens (tertiary/aromatic N) is 3. The highest BCUT2D eigenvalue weighted by Gasteiger charge is 2.20. The first-order chi connectivity index (χ1) is 18.2. The Morgan fingerprint density at radius 1 is 1.21 bits per heavy atom. The summed E-state index contributed by atoms with van der Waals surface area (Å²) in [7, 11) is 1.40. The molecule has 5 rings (SSSR count). The van der Waals surface area contributed by atoms with Crippen LogP contribution in [0.2, 0.25) is 5.02 Å². The van der Waals surface area contributed by atoms with E-state index in [1.807, 2.05) is 12.1 Å². The van der Waals surface area contributed by atoms with Crippen LogP contribution in [0, 0.1) is 0 Å². The van der Waals surface area contributed by atoms with Gasteiger partial charge in [0.25, 0.3) is 5.56 Å². The Kier molecular flexibility index (Phi) is 6.92. The van der Waals surface area contributed by atoms with Crippen LogP contribution in [-0.4, -0.2) is 40.2 Å². The fourth-order valence-corrected chi connectivity index (χ4v) is 4.42. The summed E-state index contributed by atoms with van der Waals surface area (Å²) in [6.07, 6.45) is 0.145. The normalized spacial score (nSPS) is 12.3. The number of carbonyl (C=O) groups is 1. The molecule has 1 N–H and O–H groups in total. The molecule has 38 heavy (non-hydrogen) atoms. The summed E-state index contributed by atoms with van der Waals surface area (Å²) in [5.74, 6) is -0.351. The van der Waals surface area contributed by atoms with Crippen LogP contribution in [0.25, 0.3) is 33.5 Å². The molecule has 3 aromatic carbocycles. The van der Waals surface area contributed by atoms with E-state index in [1.54, 1.807) is 36.4 Å². The molecule has 2 heterocycles. The molecule has 0 aliphatic heterocycles. The lowest BCUT2D eigenvalue weighted by Crippen LogP contribution is -2.24. The van der Waals surface area contributed by atoms with E-state index in [4.69, 9.17) is 25.5 Å². The predicted molar refractivity (Wildman–Crippen MR) is 148 cm³/mol. The van der Waals surface area contributed by atoms with E-state index in [9.17, 15) is 14.7 Å². The first kappa shape index (κ1) is 25.5. The molecule has 2 aromatic heterocycles. The van der Waals surface area contributed by atoms with Gasteiger partial charge in [-0.2, -0.15) is 9.78 Å². The van der Waals surface area contributed by atoms with Crippen LogP contribution in [0.5, 0.6) is 11.5 Å². The Hall–Kier alpha value is -4.15. The van der Waals surface area contributed by atoms with Crippen molar-refractivity contribution in [3.05, 3.63) is 86.1 Å². The molecule has 0 aliphatic rings. The first-order valence-electron chi connectivity index (χ1n) is 11.3. The molecule has 11 heteroatoms. The highest BCUT2D eigenvalue weighted by molar-refractivity contribution is 9.10. The summed E-state index contributed by atoms with van der Waals surface area (Å²) in [6, 6.07) is 17.2. The zero-order chi connectivity index (χ0) is 27.0. The van der Waals surface area contributed by atoms with Crippen molar-refractivity contribution < 1.29 is 23.8 Å². The average molecular weight is 597 g/mol. The SMILES string of the molecule is COc1cc(Cl)cc(C=Nn2c(-c3cc4cc(Br)ccc4o3)nc3ccccc3c2=O)c1O[C@@H](C)C(=O)O. The van der Waals surface area contributed by atoms with Crippen LogP contribution in [0.4, 0.5) is 0 Å². The molecular weight excluding hydrogens is 578 g/mol. The van der Waals surface area contributed by atoms with Crippen molar-refractivity contribution in [2.24, 2.45) is 5.10 Å². The van der Waals surface area contributed by atoms with Gasteiger partial charge in [-0.05, 0) is 49.4 Å². The molecular formula is C27H19BrClN3O6. The van der Waals surface area contributed by atoms with E-state index in [1.165, 1.54) is 32.4 Å². The van der Waals surface area contributed by atoms with Crippen LogP contribution in [0.1, 0.15) is 12.5 Å². The van der Waals surface area contributed by atoms with E-state index in [0.29, 0.717) is 32.8 Å². The van der Waals surface area contributed by atoms with Crippen LogP contribution >= 0.6 is 27.5 Å². The smallest absolute Gasteiger partial charge is 0.344 e. The summed E-state index contributed by atoms with van der Waals surface area (Å²) in [4.78, 5) is 29.7. The zero-order valence-corrected chi connectivity index (χ0v) is 22.4. The predicted octanol–water partition coefficient (Wildman–Crippen LogP) is 5.97. The number of aromatic nitrogens is 2. The first-order valence-corrected chi connectivity index (χ1v) is 12.4. The molecule has 0 spiro atoms. The van der Waals surface area contributed by atoms with Gasteiger partial charge in [-0.1, -0.05) is 39.7 Å². The van der Waals surface area contributed by atoms with Crippen LogP contribution in [0.3, 0.4) is 0 Å². The van der Waals surface area contributed by atoms with Crippen molar-refractivity contribution in [1.82, 2.24) is 9.66 Å². The highest BCUT2D eigenvalue weighted by Crippen LogP contribution is 2.35. The zero-order valence-electron chi connectivity index (χ0n) is 20.0.